The van der Waals surface area contributed by atoms with Crippen LogP contribution >= 0.6 is 7.60 Å². The van der Waals surface area contributed by atoms with Crippen LogP contribution in [0.15, 0.2) is 18.2 Å². The Morgan fingerprint density at radius 2 is 2.03 bits per heavy atom. The Kier molecular flexibility index (Phi) is 6.52. The molecule has 2 aromatic heterocycles. The molecule has 3 aromatic rings. The summed E-state index contributed by atoms with van der Waals surface area (Å²) in [5.41, 5.74) is 7.16. The van der Waals surface area contributed by atoms with Gasteiger partial charge in [-0.25, -0.2) is 4.39 Å². The number of rotatable bonds is 9. The number of benzene rings is 1. The predicted octanol–water partition coefficient (Wildman–Crippen LogP) is 1.31. The minimum absolute atomic E-state index is 0.0156. The molecule has 4 N–H and O–H groups in total. The first kappa shape index (κ1) is 21.9. The molecule has 0 fully saturated rings. The second-order valence-corrected chi connectivity index (χ2v) is 8.18. The van der Waals surface area contributed by atoms with Gasteiger partial charge < -0.3 is 29.7 Å². The summed E-state index contributed by atoms with van der Waals surface area (Å²) in [4.78, 5) is 22.2. The van der Waals surface area contributed by atoms with Crippen LogP contribution in [0, 0.1) is 5.82 Å². The smallest absolute Gasteiger partial charge is 0.332 e. The van der Waals surface area contributed by atoms with Crippen LogP contribution in [-0.2, 0) is 21.8 Å². The summed E-state index contributed by atoms with van der Waals surface area (Å²) in [5, 5.41) is 8.92. The molecule has 13 heteroatoms. The molecular formula is C17H21FN5O6P. The van der Waals surface area contributed by atoms with E-state index in [-0.39, 0.29) is 48.7 Å². The molecule has 0 aliphatic rings. The van der Waals surface area contributed by atoms with Crippen molar-refractivity contribution in [2.24, 2.45) is 0 Å². The van der Waals surface area contributed by atoms with Crippen LogP contribution in [0.3, 0.4) is 0 Å². The maximum Gasteiger partial charge on any atom is 0.332 e. The first-order valence-corrected chi connectivity index (χ1v) is 10.5. The van der Waals surface area contributed by atoms with Crippen molar-refractivity contribution in [2.75, 3.05) is 33.2 Å². The molecule has 3 rings (SSSR count). The van der Waals surface area contributed by atoms with E-state index in [1.165, 1.54) is 25.3 Å². The summed E-state index contributed by atoms with van der Waals surface area (Å²) < 4.78 is 42.6. The van der Waals surface area contributed by atoms with Gasteiger partial charge in [-0.15, -0.1) is 0 Å². The molecule has 0 spiro atoms. The molecule has 1 aromatic carbocycles. The van der Waals surface area contributed by atoms with E-state index in [1.54, 1.807) is 4.57 Å². The van der Waals surface area contributed by atoms with Crippen molar-refractivity contribution < 1.29 is 33.0 Å². The average molecular weight is 441 g/mol. The Labute approximate surface area is 170 Å². The third-order valence-corrected chi connectivity index (χ3v) is 5.49. The van der Waals surface area contributed by atoms with Gasteiger partial charge in [0.25, 0.3) is 6.01 Å². The number of nitrogens with zero attached hydrogens (tertiary/aromatic N) is 4. The molecular weight excluding hydrogens is 420 g/mol. The number of nitrogens with two attached hydrogens (primary N) is 1. The molecule has 11 nitrogen and oxygen atoms in total. The van der Waals surface area contributed by atoms with Crippen LogP contribution in [0.2, 0.25) is 0 Å². The van der Waals surface area contributed by atoms with E-state index in [4.69, 9.17) is 20.3 Å². The molecule has 0 radical (unpaired) electrons. The number of aromatic nitrogens is 4. The van der Waals surface area contributed by atoms with Crippen LogP contribution < -0.4 is 15.2 Å². The lowest BCUT2D eigenvalue weighted by Crippen LogP contribution is -2.08. The fourth-order valence-electron chi connectivity index (χ4n) is 2.79. The van der Waals surface area contributed by atoms with Crippen molar-refractivity contribution >= 4 is 24.6 Å². The SMILES string of the molecule is COc1nc2c(N)nc(OCCO)nc2n1Cc1ccc(F)c(CP(=O)(O)OC)c1. The average Bonchev–Trinajstić information content (AvgIpc) is 3.07. The normalized spacial score (nSPS) is 13.4. The summed E-state index contributed by atoms with van der Waals surface area (Å²) in [6.45, 7) is -0.0950. The fourth-order valence-corrected chi connectivity index (χ4v) is 3.59. The molecule has 30 heavy (non-hydrogen) atoms. The second kappa shape index (κ2) is 8.92. The van der Waals surface area contributed by atoms with E-state index in [0.717, 1.165) is 7.11 Å². The first-order chi connectivity index (χ1) is 14.3. The second-order valence-electron chi connectivity index (χ2n) is 6.22. The molecule has 1 atom stereocenters. The number of imidazole rings is 1. The maximum absolute atomic E-state index is 14.1. The van der Waals surface area contributed by atoms with Gasteiger partial charge in [-0.1, -0.05) is 12.1 Å². The van der Waals surface area contributed by atoms with Gasteiger partial charge in [-0.3, -0.25) is 9.13 Å². The van der Waals surface area contributed by atoms with Gasteiger partial charge in [0.15, 0.2) is 17.0 Å². The van der Waals surface area contributed by atoms with Crippen molar-refractivity contribution in [3.8, 4) is 12.0 Å². The van der Waals surface area contributed by atoms with Gasteiger partial charge in [-0.2, -0.15) is 15.0 Å². The van der Waals surface area contributed by atoms with E-state index in [1.807, 2.05) is 0 Å². The van der Waals surface area contributed by atoms with Crippen LogP contribution in [-0.4, -0.2) is 57.0 Å². The Bertz CT molecular complexity index is 1110. The fraction of sp³-hybridized carbons (Fsp3) is 0.353. The Hall–Kier alpha value is -2.79. The highest BCUT2D eigenvalue weighted by molar-refractivity contribution is 7.51. The van der Waals surface area contributed by atoms with E-state index in [2.05, 4.69) is 19.5 Å². The molecule has 0 saturated heterocycles. The summed E-state index contributed by atoms with van der Waals surface area (Å²) in [7, 11) is -1.44. The summed E-state index contributed by atoms with van der Waals surface area (Å²) in [5.74, 6) is -0.565. The number of anilines is 1. The zero-order valence-corrected chi connectivity index (χ0v) is 17.2. The Morgan fingerprint density at radius 3 is 2.70 bits per heavy atom. The minimum Gasteiger partial charge on any atom is -0.468 e. The number of ether oxygens (including phenoxy) is 2. The molecule has 1 unspecified atom stereocenters. The number of fused-ring (bicyclic) bond motifs is 1. The number of hydrogen-bond donors (Lipinski definition) is 3. The van der Waals surface area contributed by atoms with Crippen molar-refractivity contribution in [1.29, 1.82) is 0 Å². The maximum atomic E-state index is 14.1. The van der Waals surface area contributed by atoms with E-state index in [9.17, 15) is 13.8 Å². The molecule has 162 valence electrons. The highest BCUT2D eigenvalue weighted by atomic mass is 31.2. The van der Waals surface area contributed by atoms with Crippen LogP contribution in [0.25, 0.3) is 11.2 Å². The van der Waals surface area contributed by atoms with Gasteiger partial charge in [0, 0.05) is 12.7 Å². The summed E-state index contributed by atoms with van der Waals surface area (Å²) >= 11 is 0. The van der Waals surface area contributed by atoms with Gasteiger partial charge >= 0.3 is 13.6 Å². The summed E-state index contributed by atoms with van der Waals surface area (Å²) in [6.07, 6.45) is -0.473. The van der Waals surface area contributed by atoms with E-state index < -0.39 is 19.6 Å². The largest absolute Gasteiger partial charge is 0.468 e. The molecule has 0 saturated carbocycles. The topological polar surface area (TPSA) is 155 Å². The molecule has 0 aliphatic heterocycles. The number of methoxy groups -OCH3 is 1. The van der Waals surface area contributed by atoms with Gasteiger partial charge in [-0.05, 0) is 11.6 Å². The quantitative estimate of drug-likeness (QED) is 0.414. The zero-order valence-electron chi connectivity index (χ0n) is 16.3. The number of nitrogen functional groups attached to an aromatic ring is 1. The van der Waals surface area contributed by atoms with Gasteiger partial charge in [0.05, 0.1) is 26.4 Å². The Morgan fingerprint density at radius 1 is 1.27 bits per heavy atom. The third kappa shape index (κ3) is 4.68. The van der Waals surface area contributed by atoms with Crippen molar-refractivity contribution in [2.45, 2.75) is 12.7 Å². The number of hydrogen-bond acceptors (Lipinski definition) is 9. The van der Waals surface area contributed by atoms with Gasteiger partial charge in [0.2, 0.25) is 0 Å². The lowest BCUT2D eigenvalue weighted by atomic mass is 10.1. The number of aliphatic hydroxyl groups excluding tert-OH is 1. The number of halogens is 1. The molecule has 0 amide bonds. The monoisotopic (exact) mass is 441 g/mol. The van der Waals surface area contributed by atoms with Gasteiger partial charge in [0.1, 0.15) is 12.4 Å². The molecule has 0 aliphatic carbocycles. The van der Waals surface area contributed by atoms with Crippen LogP contribution in [0.4, 0.5) is 10.2 Å². The summed E-state index contributed by atoms with van der Waals surface area (Å²) in [6, 6.07) is 4.31. The Balaban J connectivity index is 2.02. The highest BCUT2D eigenvalue weighted by Crippen LogP contribution is 2.45. The van der Waals surface area contributed by atoms with Crippen molar-refractivity contribution in [3.05, 3.63) is 35.1 Å². The molecule has 2 heterocycles. The van der Waals surface area contributed by atoms with Crippen molar-refractivity contribution in [1.82, 2.24) is 19.5 Å². The lowest BCUT2D eigenvalue weighted by Gasteiger charge is -2.12. The zero-order chi connectivity index (χ0) is 21.9. The standard InChI is InChI=1S/C17H21FN5O6P/c1-27-17-20-13-14(19)21-16(29-6-5-24)22-15(13)23(17)8-10-3-4-12(18)11(7-10)9-30(25,26)28-2/h3-4,7,24H,5-6,8-9H2,1-2H3,(H,25,26)(H2,19,21,22). The van der Waals surface area contributed by atoms with Crippen LogP contribution in [0.5, 0.6) is 12.0 Å². The first-order valence-electron chi connectivity index (χ1n) is 8.74. The molecule has 0 bridgehead atoms. The highest BCUT2D eigenvalue weighted by Gasteiger charge is 2.22. The lowest BCUT2D eigenvalue weighted by molar-refractivity contribution is 0.192. The van der Waals surface area contributed by atoms with E-state index >= 15 is 0 Å². The predicted molar refractivity (Wildman–Crippen MR) is 105 cm³/mol. The minimum atomic E-state index is -3.95. The van der Waals surface area contributed by atoms with Crippen LogP contribution in [0.1, 0.15) is 11.1 Å². The third-order valence-electron chi connectivity index (χ3n) is 4.18. The number of aliphatic hydroxyl groups is 1. The van der Waals surface area contributed by atoms with E-state index in [0.29, 0.717) is 11.2 Å². The van der Waals surface area contributed by atoms with Crippen molar-refractivity contribution in [3.63, 3.8) is 0 Å².